The summed E-state index contributed by atoms with van der Waals surface area (Å²) in [7, 11) is 0. The zero-order chi connectivity index (χ0) is 20.7. The summed E-state index contributed by atoms with van der Waals surface area (Å²) in [5.74, 6) is 0. The van der Waals surface area contributed by atoms with Gasteiger partial charge in [0.25, 0.3) is 0 Å². The van der Waals surface area contributed by atoms with Crippen molar-refractivity contribution in [3.63, 3.8) is 0 Å². The first-order chi connectivity index (χ1) is 11.9. The fourth-order valence-electron chi connectivity index (χ4n) is 4.94. The third-order valence-electron chi connectivity index (χ3n) is 6.11. The molecule has 4 heteroatoms. The minimum atomic E-state index is -2.40. The summed E-state index contributed by atoms with van der Waals surface area (Å²) in [6, 6.07) is 0. The van der Waals surface area contributed by atoms with Gasteiger partial charge in [-0.15, -0.1) is 0 Å². The van der Waals surface area contributed by atoms with E-state index in [-0.39, 0.29) is 0 Å². The average molecular weight is 749 g/mol. The number of hydrogen-bond acceptors (Lipinski definition) is 0. The molecule has 0 bridgehead atoms. The van der Waals surface area contributed by atoms with Crippen molar-refractivity contribution < 1.29 is 0 Å². The molecule has 0 amide bonds. The molecule has 0 saturated heterocycles. The Hall–Kier alpha value is 1.45. The zero-order valence-corrected chi connectivity index (χ0v) is 28.2. The van der Waals surface area contributed by atoms with E-state index in [1.54, 1.807) is 0 Å². The van der Waals surface area contributed by atoms with Crippen molar-refractivity contribution >= 4 is 55.8 Å². The predicted molar refractivity (Wildman–Crippen MR) is 135 cm³/mol. The summed E-state index contributed by atoms with van der Waals surface area (Å²) >= 11 is -4.81. The second-order valence-corrected chi connectivity index (χ2v) is 48.9. The minimum absolute atomic E-state index is 0.805. The van der Waals surface area contributed by atoms with Gasteiger partial charge in [-0.25, -0.2) is 0 Å². The van der Waals surface area contributed by atoms with Crippen LogP contribution >= 0.6 is 0 Å². The van der Waals surface area contributed by atoms with Crippen molar-refractivity contribution in [2.45, 2.75) is 107 Å². The molecule has 0 aromatic carbocycles. The standard InChI is InChI=1S/C16H30B2.6CH3.2Pb/c1-7-15(17(9-3)10-4)13-14-16(8-2)18(11-5)12-6;;;;;;;;/h7-12H2,1-6H3;6*1H3;;. The molecular weight excluding hydrogens is 700 g/mol. The number of allylic oxidation sites excluding steroid dienone is 4. The fourth-order valence-corrected chi connectivity index (χ4v) is 48.1. The van der Waals surface area contributed by atoms with Gasteiger partial charge in [-0.2, -0.15) is 0 Å². The molecule has 0 aliphatic rings. The first-order valence-electron chi connectivity index (χ1n) is 11.4. The van der Waals surface area contributed by atoms with E-state index in [0.29, 0.717) is 0 Å². The van der Waals surface area contributed by atoms with E-state index < -0.39 is 42.3 Å². The normalized spacial score (nSPS) is 14.8. The van der Waals surface area contributed by atoms with Gasteiger partial charge in [0.2, 0.25) is 0 Å². The van der Waals surface area contributed by atoms with Crippen molar-refractivity contribution in [2.75, 3.05) is 0 Å². The molecule has 0 nitrogen and oxygen atoms in total. The Kier molecular flexibility index (Phi) is 12.9. The van der Waals surface area contributed by atoms with Crippen molar-refractivity contribution in [1.29, 1.82) is 0 Å². The molecule has 0 saturated carbocycles. The SMILES string of the molecule is CCB(CC)/C(CC)=[C](/[C](=C(\CC)B(CC)CC)[Pb]([CH3])([CH3])[CH3])[Pb]([CH3])([CH3])[CH3]. The Bertz CT molecular complexity index is 439. The molecule has 26 heavy (non-hydrogen) atoms. The van der Waals surface area contributed by atoms with Gasteiger partial charge in [0, 0.05) is 0 Å². The first-order valence-corrected chi connectivity index (χ1v) is 38.6. The van der Waals surface area contributed by atoms with E-state index >= 15 is 0 Å². The third-order valence-corrected chi connectivity index (χ3v) is 26.0. The summed E-state index contributed by atoms with van der Waals surface area (Å²) < 4.78 is 20.2. The van der Waals surface area contributed by atoms with Crippen LogP contribution in [-0.4, -0.2) is 55.8 Å². The molecule has 0 heterocycles. The van der Waals surface area contributed by atoms with E-state index in [1.807, 2.05) is 17.2 Å². The predicted octanol–water partition coefficient (Wildman–Crippen LogP) is 8.30. The Labute approximate surface area is 177 Å². The Morgan fingerprint density at radius 2 is 0.731 bits per heavy atom. The first kappa shape index (κ1) is 27.5. The summed E-state index contributed by atoms with van der Waals surface area (Å²) in [6.07, 6.45) is 7.79. The fraction of sp³-hybridized carbons (Fsp3) is 0.818. The average Bonchev–Trinajstić information content (AvgIpc) is 2.54. The molecule has 0 aliphatic heterocycles. The van der Waals surface area contributed by atoms with Crippen molar-refractivity contribution in [3.8, 4) is 0 Å². The summed E-state index contributed by atoms with van der Waals surface area (Å²) in [5.41, 5.74) is 3.76. The Balaban J connectivity index is 7.19. The van der Waals surface area contributed by atoms with Gasteiger partial charge >= 0.3 is 180 Å². The third kappa shape index (κ3) is 7.37. The molecule has 0 atom stereocenters. The van der Waals surface area contributed by atoms with Crippen LogP contribution in [0.5, 0.6) is 0 Å². The number of rotatable bonds is 11. The van der Waals surface area contributed by atoms with Crippen LogP contribution < -0.4 is 0 Å². The second-order valence-electron chi connectivity index (χ2n) is 10.0. The van der Waals surface area contributed by atoms with Crippen molar-refractivity contribution in [2.24, 2.45) is 0 Å². The van der Waals surface area contributed by atoms with E-state index in [1.165, 1.54) is 38.1 Å². The molecule has 0 fully saturated rings. The second kappa shape index (κ2) is 12.2. The molecule has 0 unspecified atom stereocenters. The van der Waals surface area contributed by atoms with Crippen LogP contribution in [0.2, 0.25) is 52.2 Å². The molecule has 0 aromatic heterocycles. The molecule has 150 valence electrons. The Morgan fingerprint density at radius 3 is 0.846 bits per heavy atom. The maximum absolute atomic E-state index is 2.69. The van der Waals surface area contributed by atoms with Crippen LogP contribution in [0.25, 0.3) is 0 Å². The van der Waals surface area contributed by atoms with Gasteiger partial charge in [0.05, 0.1) is 0 Å². The summed E-state index contributed by atoms with van der Waals surface area (Å²) in [5, 5.41) is 0. The van der Waals surface area contributed by atoms with Crippen LogP contribution in [0.15, 0.2) is 17.2 Å². The quantitative estimate of drug-likeness (QED) is 0.148. The van der Waals surface area contributed by atoms with Gasteiger partial charge in [0.15, 0.2) is 0 Å². The van der Waals surface area contributed by atoms with E-state index in [9.17, 15) is 0 Å². The van der Waals surface area contributed by atoms with Crippen LogP contribution in [-0.2, 0) is 0 Å². The molecule has 0 aliphatic carbocycles. The van der Waals surface area contributed by atoms with E-state index in [2.05, 4.69) is 68.4 Å². The summed E-state index contributed by atoms with van der Waals surface area (Å²) in [6.45, 7) is 16.1. The van der Waals surface area contributed by atoms with Crippen LogP contribution in [0.3, 0.4) is 0 Å². The molecule has 0 aromatic rings. The van der Waals surface area contributed by atoms with Gasteiger partial charge < -0.3 is 0 Å². The van der Waals surface area contributed by atoms with Crippen molar-refractivity contribution in [1.82, 2.24) is 0 Å². The summed E-state index contributed by atoms with van der Waals surface area (Å²) in [4.78, 5) is 0. The van der Waals surface area contributed by atoms with Crippen LogP contribution in [0.4, 0.5) is 0 Å². The molecule has 0 rings (SSSR count). The monoisotopic (exact) mass is 750 g/mol. The molecular formula is C22H48B2Pb2. The Morgan fingerprint density at radius 1 is 0.500 bits per heavy atom. The van der Waals surface area contributed by atoms with Gasteiger partial charge in [-0.1, -0.05) is 0 Å². The number of hydrogen-bond donors (Lipinski definition) is 0. The van der Waals surface area contributed by atoms with Crippen molar-refractivity contribution in [3.05, 3.63) is 17.2 Å². The van der Waals surface area contributed by atoms with Crippen LogP contribution in [0.1, 0.15) is 54.4 Å². The zero-order valence-electron chi connectivity index (χ0n) is 20.4. The van der Waals surface area contributed by atoms with E-state index in [4.69, 9.17) is 0 Å². The topological polar surface area (TPSA) is 0 Å². The maximum atomic E-state index is 2.69. The molecule has 0 spiro atoms. The molecule has 0 radical (unpaired) electrons. The van der Waals surface area contributed by atoms with Gasteiger partial charge in [-0.3, -0.25) is 0 Å². The molecule has 0 N–H and O–H groups in total. The van der Waals surface area contributed by atoms with Gasteiger partial charge in [-0.05, 0) is 0 Å². The van der Waals surface area contributed by atoms with E-state index in [0.717, 1.165) is 13.4 Å². The van der Waals surface area contributed by atoms with Gasteiger partial charge in [0.1, 0.15) is 0 Å². The van der Waals surface area contributed by atoms with Crippen LogP contribution in [0, 0.1) is 0 Å².